The number of aryl methyl sites for hydroxylation is 1. The number of nitrogens with one attached hydrogen (secondary N) is 1. The molecule has 2 atom stereocenters. The maximum Gasteiger partial charge on any atom is 0.255 e. The number of carbonyl (C=O) groups is 2. The summed E-state index contributed by atoms with van der Waals surface area (Å²) in [6.07, 6.45) is 0.748. The molecule has 0 saturated carbocycles. The molecule has 0 spiro atoms. The van der Waals surface area contributed by atoms with E-state index >= 15 is 0 Å². The number of hydrogen-bond donors (Lipinski definition) is 2. The van der Waals surface area contributed by atoms with Gasteiger partial charge in [-0.3, -0.25) is 14.5 Å². The number of amides is 2. The number of nitrogens with zero attached hydrogens (tertiary/aromatic N) is 2. The fourth-order valence-electron chi connectivity index (χ4n) is 4.44. The average Bonchev–Trinajstić information content (AvgIpc) is 3.28. The Kier molecular flexibility index (Phi) is 7.95. The van der Waals surface area contributed by atoms with Gasteiger partial charge in [0.15, 0.2) is 0 Å². The average molecular weight is 472 g/mol. The van der Waals surface area contributed by atoms with E-state index in [4.69, 9.17) is 0 Å². The van der Waals surface area contributed by atoms with Crippen molar-refractivity contribution in [1.29, 1.82) is 0 Å². The molecule has 6 nitrogen and oxygen atoms in total. The molecule has 35 heavy (non-hydrogen) atoms. The van der Waals surface area contributed by atoms with Gasteiger partial charge < -0.3 is 15.3 Å². The van der Waals surface area contributed by atoms with Gasteiger partial charge in [-0.15, -0.1) is 0 Å². The summed E-state index contributed by atoms with van der Waals surface area (Å²) in [4.78, 5) is 29.7. The van der Waals surface area contributed by atoms with Crippen LogP contribution in [0, 0.1) is 6.92 Å². The zero-order valence-corrected chi connectivity index (χ0v) is 20.4. The van der Waals surface area contributed by atoms with E-state index in [0.29, 0.717) is 24.3 Å². The molecular formula is C29H33N3O3. The predicted octanol–water partition coefficient (Wildman–Crippen LogP) is 4.06. The molecule has 182 valence electrons. The third kappa shape index (κ3) is 6.56. The number of rotatable bonds is 8. The number of β-amino-alcohol motifs (C(OH)–C–C–N with tert-alkyl or cyclic N) is 1. The highest BCUT2D eigenvalue weighted by molar-refractivity contribution is 6.04. The quantitative estimate of drug-likeness (QED) is 0.520. The Bertz CT molecular complexity index is 1130. The largest absolute Gasteiger partial charge is 0.392 e. The Morgan fingerprint density at radius 2 is 1.71 bits per heavy atom. The van der Waals surface area contributed by atoms with Gasteiger partial charge in [0.25, 0.3) is 5.91 Å². The summed E-state index contributed by atoms with van der Waals surface area (Å²) < 4.78 is 0. The highest BCUT2D eigenvalue weighted by atomic mass is 16.3. The van der Waals surface area contributed by atoms with Crippen molar-refractivity contribution >= 4 is 17.5 Å². The number of aliphatic hydroxyl groups excluding tert-OH is 1. The molecule has 1 fully saturated rings. The van der Waals surface area contributed by atoms with Gasteiger partial charge in [0.05, 0.1) is 18.6 Å². The summed E-state index contributed by atoms with van der Waals surface area (Å²) in [7, 11) is 1.85. The lowest BCUT2D eigenvalue weighted by Gasteiger charge is -2.32. The molecular weight excluding hydrogens is 438 g/mol. The molecule has 2 N–H and O–H groups in total. The van der Waals surface area contributed by atoms with Crippen molar-refractivity contribution < 1.29 is 14.7 Å². The molecule has 6 heteroatoms. The van der Waals surface area contributed by atoms with E-state index in [0.717, 1.165) is 29.7 Å². The second-order valence-corrected chi connectivity index (χ2v) is 9.33. The third-order valence-electron chi connectivity index (χ3n) is 6.60. The molecule has 3 aromatic carbocycles. The van der Waals surface area contributed by atoms with Crippen LogP contribution in [-0.2, 0) is 11.2 Å². The molecule has 2 unspecified atom stereocenters. The maximum absolute atomic E-state index is 13.2. The van der Waals surface area contributed by atoms with Crippen molar-refractivity contribution in [3.8, 4) is 0 Å². The molecule has 0 aromatic heterocycles. The Morgan fingerprint density at radius 1 is 1.03 bits per heavy atom. The van der Waals surface area contributed by atoms with Gasteiger partial charge in [-0.05, 0) is 48.7 Å². The van der Waals surface area contributed by atoms with Crippen LogP contribution in [0.2, 0.25) is 0 Å². The first-order valence-corrected chi connectivity index (χ1v) is 12.1. The smallest absolute Gasteiger partial charge is 0.255 e. The monoisotopic (exact) mass is 471 g/mol. The van der Waals surface area contributed by atoms with Crippen molar-refractivity contribution in [1.82, 2.24) is 9.80 Å². The van der Waals surface area contributed by atoms with Gasteiger partial charge in [0, 0.05) is 37.9 Å². The van der Waals surface area contributed by atoms with Crippen LogP contribution in [0.25, 0.3) is 0 Å². The van der Waals surface area contributed by atoms with Crippen LogP contribution in [0.1, 0.15) is 39.5 Å². The zero-order chi connectivity index (χ0) is 24.8. The highest BCUT2D eigenvalue weighted by Crippen LogP contribution is 2.24. The van der Waals surface area contributed by atoms with E-state index in [9.17, 15) is 14.7 Å². The van der Waals surface area contributed by atoms with E-state index in [2.05, 4.69) is 10.2 Å². The van der Waals surface area contributed by atoms with Gasteiger partial charge in [0.1, 0.15) is 0 Å². The Balaban J connectivity index is 1.39. The lowest BCUT2D eigenvalue weighted by atomic mass is 10.0. The minimum atomic E-state index is -0.294. The number of benzene rings is 3. The number of carbonyl (C=O) groups excluding carboxylic acids is 2. The molecule has 0 aliphatic carbocycles. The van der Waals surface area contributed by atoms with Crippen LogP contribution < -0.4 is 5.32 Å². The van der Waals surface area contributed by atoms with Crippen molar-refractivity contribution in [2.24, 2.45) is 0 Å². The Hall–Kier alpha value is -3.48. The summed E-state index contributed by atoms with van der Waals surface area (Å²) >= 11 is 0. The SMILES string of the molecule is Cc1ccc(C(=O)Nc2ccc(CC(=O)N(C)C(CN3CCC(O)C3)c3ccccc3)cc2)cc1. The maximum atomic E-state index is 13.2. The van der Waals surface area contributed by atoms with Crippen molar-refractivity contribution in [3.05, 3.63) is 101 Å². The van der Waals surface area contributed by atoms with Gasteiger partial charge >= 0.3 is 0 Å². The standard InChI is InChI=1S/C29H33N3O3/c1-21-8-12-24(13-9-21)29(35)30-25-14-10-22(11-15-25)18-28(34)31(2)27(23-6-4-3-5-7-23)20-32-17-16-26(33)19-32/h3-15,26-27,33H,16-20H2,1-2H3,(H,30,35). The molecule has 1 aliphatic rings. The lowest BCUT2D eigenvalue weighted by Crippen LogP contribution is -2.39. The first kappa shape index (κ1) is 24.6. The van der Waals surface area contributed by atoms with Crippen molar-refractivity contribution in [2.75, 3.05) is 32.0 Å². The molecule has 3 aromatic rings. The number of likely N-dealkylation sites (N-methyl/N-ethyl adjacent to an activating group) is 1. The number of hydrogen-bond acceptors (Lipinski definition) is 4. The van der Waals surface area contributed by atoms with Crippen LogP contribution in [-0.4, -0.2) is 59.5 Å². The van der Waals surface area contributed by atoms with Crippen molar-refractivity contribution in [3.63, 3.8) is 0 Å². The molecule has 0 bridgehead atoms. The summed E-state index contributed by atoms with van der Waals surface area (Å²) in [5.41, 5.74) is 4.37. The minimum Gasteiger partial charge on any atom is -0.392 e. The molecule has 4 rings (SSSR count). The molecule has 1 aliphatic heterocycles. The normalized spacial score (nSPS) is 16.6. The zero-order valence-electron chi connectivity index (χ0n) is 20.4. The summed E-state index contributed by atoms with van der Waals surface area (Å²) in [6, 6.07) is 24.8. The third-order valence-corrected chi connectivity index (χ3v) is 6.60. The van der Waals surface area contributed by atoms with E-state index in [1.54, 1.807) is 12.1 Å². The van der Waals surface area contributed by atoms with Crippen LogP contribution in [0.5, 0.6) is 0 Å². The first-order valence-electron chi connectivity index (χ1n) is 12.1. The van der Waals surface area contributed by atoms with E-state index in [-0.39, 0.29) is 30.4 Å². The van der Waals surface area contributed by atoms with Gasteiger partial charge in [-0.25, -0.2) is 0 Å². The molecule has 2 amide bonds. The van der Waals surface area contributed by atoms with Crippen LogP contribution >= 0.6 is 0 Å². The molecule has 1 saturated heterocycles. The topological polar surface area (TPSA) is 72.9 Å². The fraction of sp³-hybridized carbons (Fsp3) is 0.310. The lowest BCUT2D eigenvalue weighted by molar-refractivity contribution is -0.131. The van der Waals surface area contributed by atoms with Gasteiger partial charge in [-0.1, -0.05) is 60.2 Å². The molecule has 1 heterocycles. The van der Waals surface area contributed by atoms with Crippen LogP contribution in [0.3, 0.4) is 0 Å². The number of aliphatic hydroxyl groups is 1. The molecule has 0 radical (unpaired) electrons. The highest BCUT2D eigenvalue weighted by Gasteiger charge is 2.28. The minimum absolute atomic E-state index is 0.0232. The van der Waals surface area contributed by atoms with Crippen molar-refractivity contribution in [2.45, 2.75) is 31.9 Å². The van der Waals surface area contributed by atoms with E-state index in [1.165, 1.54) is 0 Å². The van der Waals surface area contributed by atoms with Crippen LogP contribution in [0.15, 0.2) is 78.9 Å². The summed E-state index contributed by atoms with van der Waals surface area (Å²) in [6.45, 7) is 4.15. The van der Waals surface area contributed by atoms with Gasteiger partial charge in [-0.2, -0.15) is 0 Å². The number of anilines is 1. The second-order valence-electron chi connectivity index (χ2n) is 9.33. The first-order chi connectivity index (χ1) is 16.9. The Labute approximate surface area is 207 Å². The van der Waals surface area contributed by atoms with Crippen LogP contribution in [0.4, 0.5) is 5.69 Å². The van der Waals surface area contributed by atoms with E-state index in [1.807, 2.05) is 85.6 Å². The summed E-state index contributed by atoms with van der Waals surface area (Å²) in [5.74, 6) is -0.138. The van der Waals surface area contributed by atoms with E-state index < -0.39 is 0 Å². The fourth-order valence-corrected chi connectivity index (χ4v) is 4.44. The predicted molar refractivity (Wildman–Crippen MR) is 138 cm³/mol. The number of likely N-dealkylation sites (tertiary alicyclic amines) is 1. The van der Waals surface area contributed by atoms with Gasteiger partial charge in [0.2, 0.25) is 5.91 Å². The second kappa shape index (κ2) is 11.3. The Morgan fingerprint density at radius 3 is 2.34 bits per heavy atom. The summed E-state index contributed by atoms with van der Waals surface area (Å²) in [5, 5.41) is 12.8.